The van der Waals surface area contributed by atoms with Crippen LogP contribution in [0, 0.1) is 6.92 Å². The molecule has 0 aliphatic carbocycles. The van der Waals surface area contributed by atoms with Crippen LogP contribution in [0.5, 0.6) is 5.75 Å². The molecule has 25 heavy (non-hydrogen) atoms. The summed E-state index contributed by atoms with van der Waals surface area (Å²) in [6, 6.07) is 11.2. The molecule has 0 saturated carbocycles. The van der Waals surface area contributed by atoms with Crippen molar-refractivity contribution >= 4 is 5.52 Å². The largest absolute Gasteiger partial charge is 0.487 e. The Labute approximate surface area is 143 Å². The Hall–Kier alpha value is -3.48. The zero-order valence-electron chi connectivity index (χ0n) is 13.5. The number of rotatable bonds is 4. The van der Waals surface area contributed by atoms with Crippen molar-refractivity contribution in [2.24, 2.45) is 0 Å². The summed E-state index contributed by atoms with van der Waals surface area (Å²) >= 11 is 0. The molecular weight excluding hydrogens is 318 g/mol. The third kappa shape index (κ3) is 2.99. The molecule has 1 aromatic carbocycles. The molecule has 0 spiro atoms. The van der Waals surface area contributed by atoms with E-state index in [4.69, 9.17) is 4.74 Å². The smallest absolute Gasteiger partial charge is 0.282 e. The lowest BCUT2D eigenvalue weighted by Crippen LogP contribution is -2.20. The average Bonchev–Trinajstić information content (AvgIpc) is 3.05. The van der Waals surface area contributed by atoms with Crippen molar-refractivity contribution in [3.63, 3.8) is 0 Å². The Morgan fingerprint density at radius 2 is 1.96 bits per heavy atom. The van der Waals surface area contributed by atoms with Crippen LogP contribution in [-0.2, 0) is 6.61 Å². The Morgan fingerprint density at radius 1 is 1.12 bits per heavy atom. The van der Waals surface area contributed by atoms with Gasteiger partial charge in [-0.1, -0.05) is 18.2 Å². The Bertz CT molecular complexity index is 1090. The molecule has 0 aliphatic rings. The van der Waals surface area contributed by atoms with Crippen LogP contribution < -0.4 is 10.3 Å². The molecule has 0 N–H and O–H groups in total. The third-order valence-corrected chi connectivity index (χ3v) is 3.70. The van der Waals surface area contributed by atoms with Gasteiger partial charge in [0, 0.05) is 18.6 Å². The third-order valence-electron chi connectivity index (χ3n) is 3.70. The van der Waals surface area contributed by atoms with Crippen LogP contribution in [0.4, 0.5) is 0 Å². The molecule has 0 radical (unpaired) electrons. The van der Waals surface area contributed by atoms with E-state index in [0.717, 1.165) is 11.4 Å². The number of hydrogen-bond acceptors (Lipinski definition) is 5. The van der Waals surface area contributed by atoms with Gasteiger partial charge in [-0.3, -0.25) is 14.3 Å². The van der Waals surface area contributed by atoms with Crippen molar-refractivity contribution in [1.29, 1.82) is 0 Å². The van der Waals surface area contributed by atoms with Crippen LogP contribution in [0.3, 0.4) is 0 Å². The van der Waals surface area contributed by atoms with Gasteiger partial charge in [-0.15, -0.1) is 0 Å². The van der Waals surface area contributed by atoms with Crippen molar-refractivity contribution < 1.29 is 4.74 Å². The van der Waals surface area contributed by atoms with Crippen LogP contribution in [0.1, 0.15) is 11.4 Å². The number of hydrogen-bond donors (Lipinski definition) is 0. The molecule has 4 aromatic rings. The molecule has 0 bridgehead atoms. The van der Waals surface area contributed by atoms with Gasteiger partial charge in [0.15, 0.2) is 5.82 Å². The fraction of sp³-hybridized carbons (Fsp3) is 0.111. The molecule has 0 saturated heterocycles. The maximum atomic E-state index is 12.7. The van der Waals surface area contributed by atoms with Gasteiger partial charge in [0.25, 0.3) is 5.56 Å². The van der Waals surface area contributed by atoms with Gasteiger partial charge in [0.2, 0.25) is 0 Å². The highest BCUT2D eigenvalue weighted by Crippen LogP contribution is 2.12. The summed E-state index contributed by atoms with van der Waals surface area (Å²) in [5.74, 6) is 1.24. The van der Waals surface area contributed by atoms with E-state index in [1.807, 2.05) is 37.3 Å². The maximum Gasteiger partial charge on any atom is 0.282 e. The zero-order valence-corrected chi connectivity index (χ0v) is 13.5. The summed E-state index contributed by atoms with van der Waals surface area (Å²) in [7, 11) is 0. The summed E-state index contributed by atoms with van der Waals surface area (Å²) in [5.41, 5.74) is 1.67. The molecule has 3 heterocycles. The molecule has 0 fully saturated rings. The minimum atomic E-state index is -0.208. The van der Waals surface area contributed by atoms with E-state index in [1.165, 1.54) is 4.57 Å². The topological polar surface area (TPSA) is 74.3 Å². The van der Waals surface area contributed by atoms with Crippen LogP contribution in [0.25, 0.3) is 11.3 Å². The van der Waals surface area contributed by atoms with Crippen LogP contribution in [0.2, 0.25) is 0 Å². The Morgan fingerprint density at radius 3 is 2.76 bits per heavy atom. The predicted octanol–water partition coefficient (Wildman–Crippen LogP) is 2.16. The maximum absolute atomic E-state index is 12.7. The van der Waals surface area contributed by atoms with Gasteiger partial charge in [-0.2, -0.15) is 5.10 Å². The molecule has 7 heteroatoms. The lowest BCUT2D eigenvalue weighted by Gasteiger charge is -2.04. The minimum absolute atomic E-state index is 0.208. The highest BCUT2D eigenvalue weighted by Gasteiger charge is 2.10. The number of aryl methyl sites for hydroxylation is 1. The summed E-state index contributed by atoms with van der Waals surface area (Å²) in [5, 5.41) is 4.38. The van der Waals surface area contributed by atoms with Crippen molar-refractivity contribution in [2.45, 2.75) is 13.5 Å². The molecule has 7 nitrogen and oxygen atoms in total. The lowest BCUT2D eigenvalue weighted by atomic mass is 10.3. The molecule has 0 aliphatic heterocycles. The number of fused-ring (bicyclic) bond motifs is 1. The summed E-state index contributed by atoms with van der Waals surface area (Å²) < 4.78 is 8.69. The van der Waals surface area contributed by atoms with Gasteiger partial charge < -0.3 is 4.74 Å². The first-order chi connectivity index (χ1) is 12.2. The van der Waals surface area contributed by atoms with Crippen LogP contribution >= 0.6 is 0 Å². The number of para-hydroxylation sites is 1. The summed E-state index contributed by atoms with van der Waals surface area (Å²) in [6.07, 6.45) is 6.55. The molecule has 3 aromatic heterocycles. The predicted molar refractivity (Wildman–Crippen MR) is 91.9 cm³/mol. The van der Waals surface area contributed by atoms with E-state index in [0.29, 0.717) is 17.0 Å². The number of benzene rings is 1. The fourth-order valence-electron chi connectivity index (χ4n) is 2.53. The average molecular weight is 333 g/mol. The monoisotopic (exact) mass is 333 g/mol. The first-order valence-electron chi connectivity index (χ1n) is 7.77. The summed E-state index contributed by atoms with van der Waals surface area (Å²) in [6.45, 7) is 2.12. The van der Waals surface area contributed by atoms with Gasteiger partial charge in [-0.05, 0) is 25.1 Å². The van der Waals surface area contributed by atoms with Crippen molar-refractivity contribution in [3.8, 4) is 11.6 Å². The normalized spacial score (nSPS) is 10.9. The van der Waals surface area contributed by atoms with E-state index in [9.17, 15) is 4.79 Å². The molecule has 0 atom stereocenters. The van der Waals surface area contributed by atoms with Crippen molar-refractivity contribution in [3.05, 3.63) is 82.9 Å². The van der Waals surface area contributed by atoms with E-state index in [2.05, 4.69) is 15.1 Å². The standard InChI is InChI=1S/C18H15N5O2/c1-13-10-19-11-17(20-13)22-7-8-23-16(18(22)24)9-14(21-23)12-25-15-5-3-2-4-6-15/h2-11H,12H2,1H3. The number of ether oxygens (including phenoxy) is 1. The minimum Gasteiger partial charge on any atom is -0.487 e. The molecule has 0 unspecified atom stereocenters. The van der Waals surface area contributed by atoms with E-state index in [-0.39, 0.29) is 12.2 Å². The van der Waals surface area contributed by atoms with E-state index >= 15 is 0 Å². The van der Waals surface area contributed by atoms with Crippen molar-refractivity contribution in [1.82, 2.24) is 24.1 Å². The highest BCUT2D eigenvalue weighted by molar-refractivity contribution is 5.46. The second kappa shape index (κ2) is 6.20. The van der Waals surface area contributed by atoms with Crippen LogP contribution in [0.15, 0.2) is 66.0 Å². The first kappa shape index (κ1) is 15.1. The quantitative estimate of drug-likeness (QED) is 0.572. The molecular formula is C18H15N5O2. The fourth-order valence-corrected chi connectivity index (χ4v) is 2.53. The Balaban J connectivity index is 1.67. The Kier molecular flexibility index (Phi) is 3.74. The lowest BCUT2D eigenvalue weighted by molar-refractivity contribution is 0.300. The number of nitrogens with zero attached hydrogens (tertiary/aromatic N) is 5. The number of aromatic nitrogens is 5. The second-order valence-electron chi connectivity index (χ2n) is 5.56. The summed E-state index contributed by atoms with van der Waals surface area (Å²) in [4.78, 5) is 21.1. The van der Waals surface area contributed by atoms with Gasteiger partial charge in [0.1, 0.15) is 23.6 Å². The van der Waals surface area contributed by atoms with Crippen LogP contribution in [-0.4, -0.2) is 24.1 Å². The molecule has 4 rings (SSSR count). The highest BCUT2D eigenvalue weighted by atomic mass is 16.5. The van der Waals surface area contributed by atoms with Gasteiger partial charge >= 0.3 is 0 Å². The van der Waals surface area contributed by atoms with Gasteiger partial charge in [0.05, 0.1) is 11.9 Å². The zero-order chi connectivity index (χ0) is 17.2. The SMILES string of the molecule is Cc1cncc(-n2ccn3nc(COc4ccccc4)cc3c2=O)n1. The second-order valence-corrected chi connectivity index (χ2v) is 5.56. The van der Waals surface area contributed by atoms with Gasteiger partial charge in [-0.25, -0.2) is 9.50 Å². The van der Waals surface area contributed by atoms with E-state index in [1.54, 1.807) is 35.4 Å². The first-order valence-corrected chi connectivity index (χ1v) is 7.77. The molecule has 0 amide bonds. The molecule has 124 valence electrons. The van der Waals surface area contributed by atoms with Crippen molar-refractivity contribution in [2.75, 3.05) is 0 Å². The van der Waals surface area contributed by atoms with E-state index < -0.39 is 0 Å².